The number of hydrogen-bond acceptors (Lipinski definition) is 5. The SMILES string of the molecule is CCCC(C#N)(C(=O)[O-])c1ccc(S(=O)(=O)C(F)(F)F)cc1. The summed E-state index contributed by atoms with van der Waals surface area (Å²) in [5, 5.41) is 20.4. The van der Waals surface area contributed by atoms with E-state index >= 15 is 0 Å². The average molecular weight is 334 g/mol. The van der Waals surface area contributed by atoms with Gasteiger partial charge >= 0.3 is 5.51 Å². The smallest absolute Gasteiger partial charge is 0.501 e. The minimum Gasteiger partial charge on any atom is -0.548 e. The number of nitriles is 1. The molecule has 0 amide bonds. The van der Waals surface area contributed by atoms with Crippen LogP contribution in [0, 0.1) is 11.3 Å². The van der Waals surface area contributed by atoms with Gasteiger partial charge in [0.2, 0.25) is 0 Å². The van der Waals surface area contributed by atoms with E-state index < -0.39 is 31.6 Å². The van der Waals surface area contributed by atoms with Crippen LogP contribution in [0.4, 0.5) is 13.2 Å². The Bertz CT molecular complexity index is 704. The topological polar surface area (TPSA) is 98.1 Å². The summed E-state index contributed by atoms with van der Waals surface area (Å²) in [6, 6.07) is 4.61. The van der Waals surface area contributed by atoms with Crippen LogP contribution in [0.1, 0.15) is 25.3 Å². The van der Waals surface area contributed by atoms with E-state index in [1.807, 2.05) is 0 Å². The molecular formula is C13H11F3NO4S-. The Morgan fingerprint density at radius 3 is 2.09 bits per heavy atom. The van der Waals surface area contributed by atoms with Crippen LogP contribution >= 0.6 is 0 Å². The summed E-state index contributed by atoms with van der Waals surface area (Å²) in [6.07, 6.45) is 0.196. The number of nitrogens with zero attached hydrogens (tertiary/aromatic N) is 1. The number of benzene rings is 1. The lowest BCUT2D eigenvalue weighted by Gasteiger charge is -2.27. The van der Waals surface area contributed by atoms with Crippen molar-refractivity contribution >= 4 is 15.8 Å². The zero-order chi connectivity index (χ0) is 17.2. The number of carboxylic acids is 1. The van der Waals surface area contributed by atoms with Crippen molar-refractivity contribution in [3.63, 3.8) is 0 Å². The number of carbonyl (C=O) groups is 1. The maximum Gasteiger partial charge on any atom is 0.501 e. The molecule has 0 aliphatic carbocycles. The number of carboxylic acid groups (broad SMARTS) is 1. The molecule has 0 fully saturated rings. The molecule has 1 unspecified atom stereocenters. The van der Waals surface area contributed by atoms with E-state index in [2.05, 4.69) is 0 Å². The lowest BCUT2D eigenvalue weighted by atomic mass is 9.78. The van der Waals surface area contributed by atoms with Gasteiger partial charge in [0, 0.05) is 0 Å². The Morgan fingerprint density at radius 1 is 1.27 bits per heavy atom. The molecule has 0 aliphatic rings. The molecule has 9 heteroatoms. The van der Waals surface area contributed by atoms with Gasteiger partial charge in [-0.25, -0.2) is 8.42 Å². The quantitative estimate of drug-likeness (QED) is 0.808. The minimum absolute atomic E-state index is 0.114. The highest BCUT2D eigenvalue weighted by atomic mass is 32.2. The van der Waals surface area contributed by atoms with Crippen molar-refractivity contribution in [1.82, 2.24) is 0 Å². The van der Waals surface area contributed by atoms with E-state index in [0.29, 0.717) is 18.6 Å². The number of halogens is 3. The molecule has 120 valence electrons. The number of sulfone groups is 1. The minimum atomic E-state index is -5.52. The van der Waals surface area contributed by atoms with Gasteiger partial charge in [-0.15, -0.1) is 0 Å². The zero-order valence-corrected chi connectivity index (χ0v) is 12.2. The van der Waals surface area contributed by atoms with Crippen molar-refractivity contribution in [3.8, 4) is 6.07 Å². The van der Waals surface area contributed by atoms with Crippen molar-refractivity contribution < 1.29 is 31.5 Å². The third kappa shape index (κ3) is 2.92. The third-order valence-corrected chi connectivity index (χ3v) is 4.63. The Hall–Kier alpha value is -2.08. The fourth-order valence-electron chi connectivity index (χ4n) is 1.96. The normalized spacial score (nSPS) is 14.9. The second-order valence-electron chi connectivity index (χ2n) is 4.53. The van der Waals surface area contributed by atoms with Crippen molar-refractivity contribution in [1.29, 1.82) is 5.26 Å². The van der Waals surface area contributed by atoms with Gasteiger partial charge in [-0.2, -0.15) is 18.4 Å². The molecule has 0 aromatic heterocycles. The van der Waals surface area contributed by atoms with Crippen molar-refractivity contribution in [2.24, 2.45) is 0 Å². The van der Waals surface area contributed by atoms with Crippen molar-refractivity contribution in [2.75, 3.05) is 0 Å². The van der Waals surface area contributed by atoms with Crippen molar-refractivity contribution in [2.45, 2.75) is 35.6 Å². The fraction of sp³-hybridized carbons (Fsp3) is 0.385. The molecule has 1 aromatic rings. The first kappa shape index (κ1) is 18.0. The maximum atomic E-state index is 12.4. The molecule has 0 N–H and O–H groups in total. The first-order chi connectivity index (χ1) is 10.0. The summed E-state index contributed by atoms with van der Waals surface area (Å²) >= 11 is 0. The van der Waals surface area contributed by atoms with Crippen LogP contribution in [-0.4, -0.2) is 19.9 Å². The second-order valence-corrected chi connectivity index (χ2v) is 6.47. The summed E-state index contributed by atoms with van der Waals surface area (Å²) < 4.78 is 59.7. The standard InChI is InChI=1S/C13H12F3NO4S/c1-2-7-12(8-17,11(18)19)9-3-5-10(6-4-9)22(20,21)13(14,15)16/h3-6H,2,7H2,1H3,(H,18,19)/p-1. The van der Waals surface area contributed by atoms with Crippen molar-refractivity contribution in [3.05, 3.63) is 29.8 Å². The lowest BCUT2D eigenvalue weighted by Crippen LogP contribution is -2.44. The average Bonchev–Trinajstić information content (AvgIpc) is 2.43. The maximum absolute atomic E-state index is 12.4. The number of rotatable bonds is 5. The molecule has 0 radical (unpaired) electrons. The van der Waals surface area contributed by atoms with Gasteiger partial charge in [0.05, 0.1) is 16.9 Å². The summed E-state index contributed by atoms with van der Waals surface area (Å²) in [5.41, 5.74) is -7.62. The predicted octanol–water partition coefficient (Wildman–Crippen LogP) is 1.29. The molecule has 1 aromatic carbocycles. The van der Waals surface area contributed by atoms with Gasteiger partial charge in [0.1, 0.15) is 5.41 Å². The zero-order valence-electron chi connectivity index (χ0n) is 11.3. The summed E-state index contributed by atoms with van der Waals surface area (Å²) in [5.74, 6) is -1.69. The largest absolute Gasteiger partial charge is 0.548 e. The second kappa shape index (κ2) is 5.96. The summed E-state index contributed by atoms with van der Waals surface area (Å²) in [6.45, 7) is 1.62. The van der Waals surface area contributed by atoms with E-state index in [-0.39, 0.29) is 12.0 Å². The molecule has 0 saturated heterocycles. The molecule has 0 saturated carbocycles. The van der Waals surface area contributed by atoms with Gasteiger partial charge < -0.3 is 9.90 Å². The molecule has 0 bridgehead atoms. The van der Waals surface area contributed by atoms with Gasteiger partial charge in [-0.1, -0.05) is 25.5 Å². The molecule has 5 nitrogen and oxygen atoms in total. The van der Waals surface area contributed by atoms with Crippen LogP contribution in [0.15, 0.2) is 29.2 Å². The highest BCUT2D eigenvalue weighted by Crippen LogP contribution is 2.33. The fourth-order valence-corrected chi connectivity index (χ4v) is 2.72. The van der Waals surface area contributed by atoms with Crippen LogP contribution < -0.4 is 5.11 Å². The first-order valence-electron chi connectivity index (χ1n) is 6.07. The Kier molecular flexibility index (Phi) is 4.87. The molecule has 0 aliphatic heterocycles. The van der Waals surface area contributed by atoms with E-state index in [9.17, 15) is 31.5 Å². The van der Waals surface area contributed by atoms with Gasteiger partial charge in [0.25, 0.3) is 9.84 Å². The van der Waals surface area contributed by atoms with Gasteiger partial charge in [0.15, 0.2) is 0 Å². The number of aliphatic carboxylic acids is 1. The van der Waals surface area contributed by atoms with E-state index in [1.165, 1.54) is 0 Å². The molecular weight excluding hydrogens is 323 g/mol. The molecule has 0 spiro atoms. The summed E-state index contributed by atoms with van der Waals surface area (Å²) in [7, 11) is -5.52. The van der Waals surface area contributed by atoms with E-state index in [1.54, 1.807) is 13.0 Å². The van der Waals surface area contributed by atoms with Crippen LogP contribution in [-0.2, 0) is 20.0 Å². The Balaban J connectivity index is 3.39. The number of alkyl halides is 3. The Morgan fingerprint density at radius 2 is 1.77 bits per heavy atom. The molecule has 22 heavy (non-hydrogen) atoms. The van der Waals surface area contributed by atoms with E-state index in [4.69, 9.17) is 5.26 Å². The first-order valence-corrected chi connectivity index (χ1v) is 7.56. The lowest BCUT2D eigenvalue weighted by molar-refractivity contribution is -0.311. The predicted molar refractivity (Wildman–Crippen MR) is 66.9 cm³/mol. The summed E-state index contributed by atoms with van der Waals surface area (Å²) in [4.78, 5) is 10.2. The van der Waals surface area contributed by atoms with Crippen LogP contribution in [0.5, 0.6) is 0 Å². The van der Waals surface area contributed by atoms with Crippen LogP contribution in [0.3, 0.4) is 0 Å². The highest BCUT2D eigenvalue weighted by molar-refractivity contribution is 7.92. The van der Waals surface area contributed by atoms with Gasteiger partial charge in [-0.3, -0.25) is 0 Å². The monoisotopic (exact) mass is 334 g/mol. The Labute approximate surface area is 124 Å². The van der Waals surface area contributed by atoms with Gasteiger partial charge in [-0.05, 0) is 24.1 Å². The molecule has 0 heterocycles. The highest BCUT2D eigenvalue weighted by Gasteiger charge is 2.47. The molecule has 1 atom stereocenters. The molecule has 1 rings (SSSR count). The number of hydrogen-bond donors (Lipinski definition) is 0. The third-order valence-electron chi connectivity index (χ3n) is 3.13. The van der Waals surface area contributed by atoms with Crippen LogP contribution in [0.25, 0.3) is 0 Å². The van der Waals surface area contributed by atoms with E-state index in [0.717, 1.165) is 12.1 Å². The number of carbonyl (C=O) groups excluding carboxylic acids is 1. The van der Waals surface area contributed by atoms with Crippen LogP contribution in [0.2, 0.25) is 0 Å².